The van der Waals surface area contributed by atoms with Crippen molar-refractivity contribution in [3.8, 4) is 0 Å². The molecule has 0 radical (unpaired) electrons. The number of hydrogen-bond donors (Lipinski definition) is 1. The predicted molar refractivity (Wildman–Crippen MR) is 82.2 cm³/mol. The van der Waals surface area contributed by atoms with Crippen molar-refractivity contribution in [2.45, 2.75) is 51.6 Å². The lowest BCUT2D eigenvalue weighted by atomic mass is 9.86. The lowest BCUT2D eigenvalue weighted by molar-refractivity contribution is 0.157. The molecule has 2 heteroatoms. The van der Waals surface area contributed by atoms with Crippen LogP contribution in [0.5, 0.6) is 0 Å². The minimum absolute atomic E-state index is 0.128. The van der Waals surface area contributed by atoms with Gasteiger partial charge in [0.1, 0.15) is 0 Å². The average Bonchev–Trinajstić information content (AvgIpc) is 2.39. The molecule has 3 atom stereocenters. The van der Waals surface area contributed by atoms with Gasteiger partial charge >= 0.3 is 0 Å². The fourth-order valence-corrected chi connectivity index (χ4v) is 3.18. The van der Waals surface area contributed by atoms with E-state index in [1.807, 2.05) is 0 Å². The third-order valence-electron chi connectivity index (χ3n) is 4.52. The number of likely N-dealkylation sites (N-methyl/N-ethyl adjacent to an activating group) is 1. The van der Waals surface area contributed by atoms with Crippen molar-refractivity contribution < 1.29 is 0 Å². The second-order valence-electron chi connectivity index (χ2n) is 6.38. The van der Waals surface area contributed by atoms with Gasteiger partial charge in [0.2, 0.25) is 0 Å². The predicted octanol–water partition coefficient (Wildman–Crippen LogP) is 3.51. The Labute approximate surface area is 118 Å². The van der Waals surface area contributed by atoms with Crippen molar-refractivity contribution in [2.75, 3.05) is 13.6 Å². The van der Waals surface area contributed by atoms with Crippen LogP contribution < -0.4 is 5.73 Å². The Kier molecular flexibility index (Phi) is 5.00. The number of benzene rings is 1. The van der Waals surface area contributed by atoms with Crippen molar-refractivity contribution in [3.05, 3.63) is 35.4 Å². The van der Waals surface area contributed by atoms with E-state index in [9.17, 15) is 0 Å². The van der Waals surface area contributed by atoms with Crippen molar-refractivity contribution in [3.63, 3.8) is 0 Å². The molecule has 1 aliphatic carbocycles. The Balaban J connectivity index is 1.90. The highest BCUT2D eigenvalue weighted by Crippen LogP contribution is 2.27. The molecule has 1 aliphatic rings. The summed E-state index contributed by atoms with van der Waals surface area (Å²) in [6, 6.07) is 9.48. The second kappa shape index (κ2) is 6.53. The molecule has 0 heterocycles. The van der Waals surface area contributed by atoms with Crippen LogP contribution in [-0.2, 0) is 0 Å². The summed E-state index contributed by atoms with van der Waals surface area (Å²) in [6.07, 6.45) is 5.43. The van der Waals surface area contributed by atoms with Crippen LogP contribution in [0.15, 0.2) is 24.3 Å². The highest BCUT2D eigenvalue weighted by Gasteiger charge is 2.23. The zero-order chi connectivity index (χ0) is 13.8. The Bertz CT molecular complexity index is 385. The van der Waals surface area contributed by atoms with E-state index in [0.717, 1.165) is 18.5 Å². The molecule has 0 spiro atoms. The molecule has 0 amide bonds. The molecule has 1 fully saturated rings. The van der Waals surface area contributed by atoms with Crippen LogP contribution >= 0.6 is 0 Å². The normalized spacial score (nSPS) is 25.5. The van der Waals surface area contributed by atoms with E-state index in [1.165, 1.54) is 36.8 Å². The van der Waals surface area contributed by atoms with Gasteiger partial charge in [0.15, 0.2) is 0 Å². The molecule has 0 aliphatic heterocycles. The summed E-state index contributed by atoms with van der Waals surface area (Å²) in [6.45, 7) is 5.45. The molecule has 3 unspecified atom stereocenters. The lowest BCUT2D eigenvalue weighted by Gasteiger charge is -2.35. The summed E-state index contributed by atoms with van der Waals surface area (Å²) in [7, 11) is 2.23. The Morgan fingerprint density at radius 3 is 2.58 bits per heavy atom. The summed E-state index contributed by atoms with van der Waals surface area (Å²) in [5, 5.41) is 0. The van der Waals surface area contributed by atoms with Crippen molar-refractivity contribution in [1.29, 1.82) is 0 Å². The second-order valence-corrected chi connectivity index (χ2v) is 6.38. The molecule has 0 bridgehead atoms. The highest BCUT2D eigenvalue weighted by atomic mass is 15.1. The van der Waals surface area contributed by atoms with E-state index >= 15 is 0 Å². The van der Waals surface area contributed by atoms with Gasteiger partial charge in [-0.15, -0.1) is 0 Å². The van der Waals surface area contributed by atoms with Crippen molar-refractivity contribution in [2.24, 2.45) is 11.7 Å². The Morgan fingerprint density at radius 2 is 1.95 bits per heavy atom. The summed E-state index contributed by atoms with van der Waals surface area (Å²) < 4.78 is 0. The maximum absolute atomic E-state index is 6.35. The van der Waals surface area contributed by atoms with Crippen LogP contribution in [0.25, 0.3) is 0 Å². The topological polar surface area (TPSA) is 29.3 Å². The molecule has 2 rings (SSSR count). The van der Waals surface area contributed by atoms with Gasteiger partial charge in [0.25, 0.3) is 0 Å². The fraction of sp³-hybridized carbons (Fsp3) is 0.647. The monoisotopic (exact) mass is 260 g/mol. The van der Waals surface area contributed by atoms with Gasteiger partial charge in [-0.05, 0) is 38.3 Å². The first-order chi connectivity index (χ1) is 9.06. The van der Waals surface area contributed by atoms with Crippen LogP contribution in [0.1, 0.15) is 49.8 Å². The van der Waals surface area contributed by atoms with Gasteiger partial charge in [-0.25, -0.2) is 0 Å². The molecule has 0 saturated heterocycles. The van der Waals surface area contributed by atoms with Gasteiger partial charge in [0.05, 0.1) is 0 Å². The van der Waals surface area contributed by atoms with Gasteiger partial charge in [0, 0.05) is 18.6 Å². The molecule has 19 heavy (non-hydrogen) atoms. The van der Waals surface area contributed by atoms with E-state index < -0.39 is 0 Å². The number of nitrogens with zero attached hydrogens (tertiary/aromatic N) is 1. The largest absolute Gasteiger partial charge is 0.323 e. The third kappa shape index (κ3) is 4.05. The Hall–Kier alpha value is -0.860. The zero-order valence-electron chi connectivity index (χ0n) is 12.6. The first kappa shape index (κ1) is 14.5. The van der Waals surface area contributed by atoms with Gasteiger partial charge in [-0.2, -0.15) is 0 Å². The average molecular weight is 260 g/mol. The molecular weight excluding hydrogens is 232 g/mol. The first-order valence-electron chi connectivity index (χ1n) is 7.58. The summed E-state index contributed by atoms with van der Waals surface area (Å²) in [5.41, 5.74) is 8.89. The van der Waals surface area contributed by atoms with Gasteiger partial charge < -0.3 is 10.6 Å². The first-order valence-corrected chi connectivity index (χ1v) is 7.58. The van der Waals surface area contributed by atoms with Crippen LogP contribution in [-0.4, -0.2) is 24.5 Å². The van der Waals surface area contributed by atoms with E-state index in [4.69, 9.17) is 5.73 Å². The van der Waals surface area contributed by atoms with E-state index in [2.05, 4.69) is 50.1 Å². The Morgan fingerprint density at radius 1 is 1.26 bits per heavy atom. The zero-order valence-corrected chi connectivity index (χ0v) is 12.6. The smallest absolute Gasteiger partial charge is 0.0424 e. The highest BCUT2D eigenvalue weighted by molar-refractivity contribution is 5.24. The van der Waals surface area contributed by atoms with Crippen molar-refractivity contribution >= 4 is 0 Å². The van der Waals surface area contributed by atoms with E-state index in [-0.39, 0.29) is 6.04 Å². The van der Waals surface area contributed by atoms with E-state index in [0.29, 0.717) is 0 Å². The minimum atomic E-state index is 0.128. The SMILES string of the molecule is Cc1ccc(C(N)CN(C)C2CCCC(C)C2)cc1. The number of hydrogen-bond acceptors (Lipinski definition) is 2. The van der Waals surface area contributed by atoms with E-state index in [1.54, 1.807) is 0 Å². The maximum atomic E-state index is 6.35. The molecule has 2 nitrogen and oxygen atoms in total. The quantitative estimate of drug-likeness (QED) is 0.897. The minimum Gasteiger partial charge on any atom is -0.323 e. The van der Waals surface area contributed by atoms with Crippen LogP contribution in [0.3, 0.4) is 0 Å². The maximum Gasteiger partial charge on any atom is 0.0424 e. The van der Waals surface area contributed by atoms with Crippen LogP contribution in [0, 0.1) is 12.8 Å². The van der Waals surface area contributed by atoms with Crippen molar-refractivity contribution in [1.82, 2.24) is 4.90 Å². The lowest BCUT2D eigenvalue weighted by Crippen LogP contribution is -2.39. The van der Waals surface area contributed by atoms with Crippen LogP contribution in [0.2, 0.25) is 0 Å². The summed E-state index contributed by atoms with van der Waals surface area (Å²) in [5.74, 6) is 0.872. The molecule has 0 aromatic heterocycles. The number of nitrogens with two attached hydrogens (primary N) is 1. The fourth-order valence-electron chi connectivity index (χ4n) is 3.18. The summed E-state index contributed by atoms with van der Waals surface area (Å²) in [4.78, 5) is 2.47. The molecule has 2 N–H and O–H groups in total. The number of aryl methyl sites for hydroxylation is 1. The number of rotatable bonds is 4. The molecule has 106 valence electrons. The molecule has 1 aromatic carbocycles. The molecular formula is C17H28N2. The summed E-state index contributed by atoms with van der Waals surface area (Å²) >= 11 is 0. The van der Waals surface area contributed by atoms with Crippen LogP contribution in [0.4, 0.5) is 0 Å². The standard InChI is InChI=1S/C17H28N2/c1-13-7-9-15(10-8-13)17(18)12-19(3)16-6-4-5-14(2)11-16/h7-10,14,16-17H,4-6,11-12,18H2,1-3H3. The van der Waals surface area contributed by atoms with Gasteiger partial charge in [-0.3, -0.25) is 0 Å². The molecule has 1 saturated carbocycles. The molecule has 1 aromatic rings. The van der Waals surface area contributed by atoms with Gasteiger partial charge in [-0.1, -0.05) is 49.6 Å². The third-order valence-corrected chi connectivity index (χ3v) is 4.52.